The molecule has 0 spiro atoms. The van der Waals surface area contributed by atoms with Crippen molar-refractivity contribution in [1.82, 2.24) is 9.55 Å². The van der Waals surface area contributed by atoms with Crippen molar-refractivity contribution in [3.8, 4) is 0 Å². The molecule has 0 aromatic carbocycles. The number of allylic oxidation sites excluding steroid dienone is 1. The molecule has 0 atom stereocenters. The quantitative estimate of drug-likeness (QED) is 0.792. The highest BCUT2D eigenvalue weighted by molar-refractivity contribution is 9.10. The molecule has 0 aliphatic heterocycles. The van der Waals surface area contributed by atoms with Crippen molar-refractivity contribution >= 4 is 15.9 Å². The Morgan fingerprint density at radius 2 is 2.13 bits per heavy atom. The third-order valence-corrected chi connectivity index (χ3v) is 3.56. The highest BCUT2D eigenvalue weighted by Gasteiger charge is 2.09. The fourth-order valence-corrected chi connectivity index (χ4v) is 1.60. The van der Waals surface area contributed by atoms with E-state index in [2.05, 4.69) is 27.5 Å². The number of hydrogen-bond acceptors (Lipinski definition) is 2. The standard InChI is InChI=1S/C11H15BrN2O/c1-5-7(2)6-14-9(4)10(12)8(3)13-11(14)15/h2,5-6H2,1,3-4H3. The third-order valence-electron chi connectivity index (χ3n) is 2.42. The smallest absolute Gasteiger partial charge is 0.291 e. The van der Waals surface area contributed by atoms with Gasteiger partial charge in [0.15, 0.2) is 0 Å². The molecule has 0 unspecified atom stereocenters. The number of halogens is 1. The summed E-state index contributed by atoms with van der Waals surface area (Å²) in [7, 11) is 0. The average Bonchev–Trinajstić information content (AvgIpc) is 2.21. The first-order chi connectivity index (χ1) is 6.97. The van der Waals surface area contributed by atoms with E-state index in [-0.39, 0.29) is 5.69 Å². The highest BCUT2D eigenvalue weighted by atomic mass is 79.9. The number of hydrogen-bond donors (Lipinski definition) is 0. The van der Waals surface area contributed by atoms with Crippen molar-refractivity contribution < 1.29 is 0 Å². The first-order valence-corrected chi connectivity index (χ1v) is 5.66. The van der Waals surface area contributed by atoms with E-state index in [1.165, 1.54) is 0 Å². The maximum Gasteiger partial charge on any atom is 0.348 e. The lowest BCUT2D eigenvalue weighted by atomic mass is 10.2. The number of rotatable bonds is 3. The zero-order chi connectivity index (χ0) is 11.6. The van der Waals surface area contributed by atoms with Gasteiger partial charge in [-0.15, -0.1) is 0 Å². The fraction of sp³-hybridized carbons (Fsp3) is 0.455. The molecule has 0 amide bonds. The van der Waals surface area contributed by atoms with E-state index in [1.807, 2.05) is 20.8 Å². The second kappa shape index (κ2) is 4.75. The monoisotopic (exact) mass is 270 g/mol. The Bertz CT molecular complexity index is 449. The van der Waals surface area contributed by atoms with E-state index in [1.54, 1.807) is 4.57 Å². The maximum absolute atomic E-state index is 11.7. The maximum atomic E-state index is 11.7. The van der Waals surface area contributed by atoms with Crippen LogP contribution in [-0.4, -0.2) is 9.55 Å². The van der Waals surface area contributed by atoms with E-state index in [0.29, 0.717) is 6.54 Å². The molecule has 1 aromatic heterocycles. The molecular weight excluding hydrogens is 256 g/mol. The number of nitrogens with zero attached hydrogens (tertiary/aromatic N) is 2. The minimum atomic E-state index is -0.206. The molecule has 0 fully saturated rings. The van der Waals surface area contributed by atoms with Crippen molar-refractivity contribution in [3.05, 3.63) is 38.5 Å². The largest absolute Gasteiger partial charge is 0.348 e. The zero-order valence-electron chi connectivity index (χ0n) is 9.30. The summed E-state index contributed by atoms with van der Waals surface area (Å²) >= 11 is 3.42. The molecule has 0 N–H and O–H groups in total. The van der Waals surface area contributed by atoms with Gasteiger partial charge >= 0.3 is 5.69 Å². The Kier molecular flexibility index (Phi) is 3.85. The first-order valence-electron chi connectivity index (χ1n) is 4.87. The first kappa shape index (κ1) is 12.2. The molecule has 0 saturated carbocycles. The van der Waals surface area contributed by atoms with Crippen LogP contribution in [0, 0.1) is 13.8 Å². The van der Waals surface area contributed by atoms with Gasteiger partial charge in [-0.25, -0.2) is 4.79 Å². The lowest BCUT2D eigenvalue weighted by Crippen LogP contribution is -2.27. The van der Waals surface area contributed by atoms with Crippen LogP contribution in [0.5, 0.6) is 0 Å². The van der Waals surface area contributed by atoms with Crippen LogP contribution < -0.4 is 5.69 Å². The summed E-state index contributed by atoms with van der Waals surface area (Å²) in [6.07, 6.45) is 0.872. The van der Waals surface area contributed by atoms with E-state index in [0.717, 1.165) is 27.9 Å². The molecule has 1 heterocycles. The van der Waals surface area contributed by atoms with E-state index in [9.17, 15) is 4.79 Å². The Balaban J connectivity index is 3.24. The molecule has 4 heteroatoms. The van der Waals surface area contributed by atoms with Crippen LogP contribution in [0.1, 0.15) is 24.7 Å². The second-order valence-corrected chi connectivity index (χ2v) is 4.36. The minimum Gasteiger partial charge on any atom is -0.291 e. The van der Waals surface area contributed by atoms with Crippen LogP contribution in [0.2, 0.25) is 0 Å². The van der Waals surface area contributed by atoms with Crippen LogP contribution in [0.3, 0.4) is 0 Å². The fourth-order valence-electron chi connectivity index (χ4n) is 1.30. The normalized spacial score (nSPS) is 10.4. The van der Waals surface area contributed by atoms with Gasteiger partial charge in [-0.3, -0.25) is 4.57 Å². The molecule has 0 saturated heterocycles. The summed E-state index contributed by atoms with van der Waals surface area (Å²) in [5, 5.41) is 0. The molecule has 0 aliphatic rings. The van der Waals surface area contributed by atoms with Crippen LogP contribution >= 0.6 is 15.9 Å². The summed E-state index contributed by atoms with van der Waals surface area (Å²) in [6, 6.07) is 0. The Morgan fingerprint density at radius 3 is 2.67 bits per heavy atom. The van der Waals surface area contributed by atoms with Gasteiger partial charge in [0.2, 0.25) is 0 Å². The van der Waals surface area contributed by atoms with Crippen molar-refractivity contribution in [1.29, 1.82) is 0 Å². The summed E-state index contributed by atoms with van der Waals surface area (Å²) in [6.45, 7) is 10.2. The molecule has 82 valence electrons. The zero-order valence-corrected chi connectivity index (χ0v) is 10.9. The summed E-state index contributed by atoms with van der Waals surface area (Å²) in [5.41, 5.74) is 2.46. The van der Waals surface area contributed by atoms with Gasteiger partial charge in [0.25, 0.3) is 0 Å². The van der Waals surface area contributed by atoms with E-state index < -0.39 is 0 Å². The molecule has 1 rings (SSSR count). The van der Waals surface area contributed by atoms with Crippen LogP contribution in [0.15, 0.2) is 21.4 Å². The molecule has 0 bridgehead atoms. The molecule has 3 nitrogen and oxygen atoms in total. The van der Waals surface area contributed by atoms with Crippen LogP contribution in [-0.2, 0) is 6.54 Å². The number of aryl methyl sites for hydroxylation is 1. The molecule has 1 aromatic rings. The van der Waals surface area contributed by atoms with E-state index >= 15 is 0 Å². The second-order valence-electron chi connectivity index (χ2n) is 3.57. The third kappa shape index (κ3) is 2.56. The predicted molar refractivity (Wildman–Crippen MR) is 65.1 cm³/mol. The number of aromatic nitrogens is 2. The minimum absolute atomic E-state index is 0.206. The van der Waals surface area contributed by atoms with Crippen LogP contribution in [0.25, 0.3) is 0 Å². The predicted octanol–water partition coefficient (Wildman–Crippen LogP) is 2.59. The topological polar surface area (TPSA) is 34.9 Å². The molecule has 15 heavy (non-hydrogen) atoms. The van der Waals surface area contributed by atoms with Gasteiger partial charge in [0.05, 0.1) is 10.2 Å². The van der Waals surface area contributed by atoms with Gasteiger partial charge in [-0.1, -0.05) is 19.1 Å². The lowest BCUT2D eigenvalue weighted by molar-refractivity contribution is 0.668. The van der Waals surface area contributed by atoms with Crippen LogP contribution in [0.4, 0.5) is 0 Å². The van der Waals surface area contributed by atoms with Crippen molar-refractivity contribution in [2.45, 2.75) is 33.7 Å². The van der Waals surface area contributed by atoms with Gasteiger partial charge < -0.3 is 0 Å². The van der Waals surface area contributed by atoms with Gasteiger partial charge in [-0.2, -0.15) is 4.98 Å². The molecular formula is C11H15BrN2O. The Labute approximate surface area is 98.0 Å². The average molecular weight is 271 g/mol. The van der Waals surface area contributed by atoms with Gasteiger partial charge in [-0.05, 0) is 36.2 Å². The van der Waals surface area contributed by atoms with Crippen molar-refractivity contribution in [2.75, 3.05) is 0 Å². The van der Waals surface area contributed by atoms with Crippen molar-refractivity contribution in [2.24, 2.45) is 0 Å². The van der Waals surface area contributed by atoms with Gasteiger partial charge in [0.1, 0.15) is 0 Å². The summed E-state index contributed by atoms with van der Waals surface area (Å²) in [4.78, 5) is 15.6. The molecule has 0 aliphatic carbocycles. The Morgan fingerprint density at radius 1 is 1.53 bits per heavy atom. The van der Waals surface area contributed by atoms with Crippen molar-refractivity contribution in [3.63, 3.8) is 0 Å². The Hall–Kier alpha value is -0.900. The lowest BCUT2D eigenvalue weighted by Gasteiger charge is -2.12. The van der Waals surface area contributed by atoms with Gasteiger partial charge in [0, 0.05) is 12.2 Å². The highest BCUT2D eigenvalue weighted by Crippen LogP contribution is 2.17. The summed E-state index contributed by atoms with van der Waals surface area (Å²) in [5.74, 6) is 0. The summed E-state index contributed by atoms with van der Waals surface area (Å²) < 4.78 is 2.54. The van der Waals surface area contributed by atoms with E-state index in [4.69, 9.17) is 0 Å². The SMILES string of the molecule is C=C(CC)Cn1c(C)c(Br)c(C)nc1=O. The molecule has 0 radical (unpaired) electrons.